The Kier molecular flexibility index (Phi) is 4.84. The number of nitro groups is 1. The topological polar surface area (TPSA) is 107 Å². The quantitative estimate of drug-likeness (QED) is 0.601. The second-order valence-electron chi connectivity index (χ2n) is 4.08. The molecule has 8 heteroatoms. The van der Waals surface area contributed by atoms with Gasteiger partial charge in [-0.15, -0.1) is 0 Å². The van der Waals surface area contributed by atoms with E-state index in [4.69, 9.17) is 10.5 Å². The van der Waals surface area contributed by atoms with Crippen LogP contribution in [0.4, 0.5) is 5.69 Å². The van der Waals surface area contributed by atoms with Gasteiger partial charge >= 0.3 is 5.69 Å². The number of hydrogen-bond donors (Lipinski definition) is 2. The third kappa shape index (κ3) is 3.42. The number of nitrogens with zero attached hydrogens (tertiary/aromatic N) is 1. The Morgan fingerprint density at radius 2 is 2.26 bits per heavy atom. The molecule has 19 heavy (non-hydrogen) atoms. The Hall–Kier alpha value is -1.67. The average Bonchev–Trinajstić information content (AvgIpc) is 2.36. The summed E-state index contributed by atoms with van der Waals surface area (Å²) in [4.78, 5) is 21.7. The number of carbonyl (C=O) groups is 1. The molecule has 0 bridgehead atoms. The second-order valence-corrected chi connectivity index (χ2v) is 4.93. The number of ether oxygens (including phenoxy) is 1. The van der Waals surface area contributed by atoms with Gasteiger partial charge in [-0.2, -0.15) is 0 Å². The molecule has 1 aromatic carbocycles. The first-order valence-corrected chi connectivity index (χ1v) is 6.15. The lowest BCUT2D eigenvalue weighted by Crippen LogP contribution is -2.55. The third-order valence-electron chi connectivity index (χ3n) is 2.74. The Balaban J connectivity index is 3.01. The normalized spacial score (nSPS) is 13.6. The predicted octanol–water partition coefficient (Wildman–Crippen LogP) is 1.20. The van der Waals surface area contributed by atoms with Crippen molar-refractivity contribution in [2.45, 2.75) is 12.5 Å². The molecule has 1 amide bonds. The maximum Gasteiger partial charge on any atom is 0.312 e. The number of carbonyl (C=O) groups excluding carboxylic acids is 1. The van der Waals surface area contributed by atoms with Crippen LogP contribution in [0.25, 0.3) is 0 Å². The maximum atomic E-state index is 11.3. The second kappa shape index (κ2) is 5.98. The number of primary amides is 1. The first kappa shape index (κ1) is 15.4. The van der Waals surface area contributed by atoms with Gasteiger partial charge in [-0.25, -0.2) is 0 Å². The van der Waals surface area contributed by atoms with Crippen molar-refractivity contribution < 1.29 is 14.5 Å². The van der Waals surface area contributed by atoms with Crippen molar-refractivity contribution in [3.8, 4) is 5.75 Å². The van der Waals surface area contributed by atoms with Gasteiger partial charge in [0.05, 0.1) is 9.40 Å². The van der Waals surface area contributed by atoms with E-state index in [2.05, 4.69) is 21.2 Å². The van der Waals surface area contributed by atoms with E-state index in [1.807, 2.05) is 0 Å². The Bertz CT molecular complexity index is 509. The van der Waals surface area contributed by atoms with Crippen molar-refractivity contribution in [1.29, 1.82) is 0 Å². The number of benzene rings is 1. The zero-order valence-electron chi connectivity index (χ0n) is 10.5. The van der Waals surface area contributed by atoms with Crippen LogP contribution in [0, 0.1) is 10.1 Å². The van der Waals surface area contributed by atoms with E-state index in [-0.39, 0.29) is 18.0 Å². The number of halogens is 1. The molecule has 1 aromatic rings. The predicted molar refractivity (Wildman–Crippen MR) is 73.0 cm³/mol. The maximum absolute atomic E-state index is 11.3. The van der Waals surface area contributed by atoms with Gasteiger partial charge in [0.25, 0.3) is 0 Å². The first-order valence-electron chi connectivity index (χ1n) is 5.36. The Morgan fingerprint density at radius 3 is 2.74 bits per heavy atom. The molecule has 0 saturated heterocycles. The summed E-state index contributed by atoms with van der Waals surface area (Å²) in [5, 5.41) is 13.6. The number of amides is 1. The summed E-state index contributed by atoms with van der Waals surface area (Å²) in [5.74, 6) is -0.542. The van der Waals surface area contributed by atoms with Crippen LogP contribution in [0.1, 0.15) is 6.92 Å². The molecule has 0 heterocycles. The fraction of sp³-hybridized carbons (Fsp3) is 0.364. The van der Waals surface area contributed by atoms with Crippen LogP contribution in [-0.4, -0.2) is 30.0 Å². The number of nitro benzene ring substituents is 1. The zero-order chi connectivity index (χ0) is 14.6. The highest BCUT2D eigenvalue weighted by atomic mass is 79.9. The number of nitrogens with two attached hydrogens (primary N) is 1. The van der Waals surface area contributed by atoms with E-state index in [1.54, 1.807) is 20.0 Å². The zero-order valence-corrected chi connectivity index (χ0v) is 12.1. The lowest BCUT2D eigenvalue weighted by Gasteiger charge is -2.25. The molecular weight excluding hydrogens is 318 g/mol. The largest absolute Gasteiger partial charge is 0.484 e. The van der Waals surface area contributed by atoms with Crippen LogP contribution in [0.5, 0.6) is 5.75 Å². The minimum absolute atomic E-state index is 0.0650. The van der Waals surface area contributed by atoms with Crippen molar-refractivity contribution in [2.24, 2.45) is 5.73 Å². The third-order valence-corrected chi connectivity index (χ3v) is 3.37. The van der Waals surface area contributed by atoms with Crippen LogP contribution in [0.2, 0.25) is 0 Å². The van der Waals surface area contributed by atoms with E-state index in [1.165, 1.54) is 12.1 Å². The number of hydrogen-bond acceptors (Lipinski definition) is 5. The average molecular weight is 332 g/mol. The highest BCUT2D eigenvalue weighted by Crippen LogP contribution is 2.35. The first-order chi connectivity index (χ1) is 8.81. The molecular formula is C11H14BrN3O4. The molecule has 3 N–H and O–H groups in total. The van der Waals surface area contributed by atoms with E-state index in [0.29, 0.717) is 4.47 Å². The molecule has 0 spiro atoms. The van der Waals surface area contributed by atoms with E-state index in [0.717, 1.165) is 0 Å². The molecule has 0 aromatic heterocycles. The van der Waals surface area contributed by atoms with Gasteiger partial charge in [0.2, 0.25) is 11.7 Å². The van der Waals surface area contributed by atoms with E-state index >= 15 is 0 Å². The highest BCUT2D eigenvalue weighted by molar-refractivity contribution is 9.10. The molecule has 0 radical (unpaired) electrons. The van der Waals surface area contributed by atoms with E-state index in [9.17, 15) is 14.9 Å². The van der Waals surface area contributed by atoms with Crippen LogP contribution in [0.15, 0.2) is 22.7 Å². The van der Waals surface area contributed by atoms with Crippen molar-refractivity contribution in [1.82, 2.24) is 5.32 Å². The number of likely N-dealkylation sites (N-methyl/N-ethyl adjacent to an activating group) is 1. The van der Waals surface area contributed by atoms with E-state index < -0.39 is 16.4 Å². The Morgan fingerprint density at radius 1 is 1.63 bits per heavy atom. The van der Waals surface area contributed by atoms with Gasteiger partial charge in [0.1, 0.15) is 12.1 Å². The van der Waals surface area contributed by atoms with Gasteiger partial charge in [-0.05, 0) is 36.0 Å². The van der Waals surface area contributed by atoms with Gasteiger partial charge in [0, 0.05) is 6.07 Å². The summed E-state index contributed by atoms with van der Waals surface area (Å²) in [5.41, 5.74) is 3.96. The lowest BCUT2D eigenvalue weighted by atomic mass is 10.0. The van der Waals surface area contributed by atoms with Gasteiger partial charge in [-0.1, -0.05) is 6.07 Å². The molecule has 0 fully saturated rings. The van der Waals surface area contributed by atoms with Gasteiger partial charge in [-0.3, -0.25) is 14.9 Å². The molecule has 1 unspecified atom stereocenters. The van der Waals surface area contributed by atoms with Crippen molar-refractivity contribution in [3.63, 3.8) is 0 Å². The summed E-state index contributed by atoms with van der Waals surface area (Å²) in [6.45, 7) is 1.43. The fourth-order valence-corrected chi connectivity index (χ4v) is 1.74. The van der Waals surface area contributed by atoms with Crippen molar-refractivity contribution >= 4 is 27.5 Å². The summed E-state index contributed by atoms with van der Waals surface area (Å²) in [7, 11) is 1.56. The molecule has 0 aliphatic carbocycles. The molecule has 1 rings (SSSR count). The smallest absolute Gasteiger partial charge is 0.312 e. The van der Waals surface area contributed by atoms with Crippen LogP contribution in [-0.2, 0) is 4.79 Å². The van der Waals surface area contributed by atoms with Crippen LogP contribution >= 0.6 is 15.9 Å². The molecule has 7 nitrogen and oxygen atoms in total. The Labute approximate surface area is 118 Å². The molecule has 0 saturated carbocycles. The molecule has 1 atom stereocenters. The number of para-hydroxylation sites is 1. The van der Waals surface area contributed by atoms with Crippen LogP contribution in [0.3, 0.4) is 0 Å². The molecule has 0 aliphatic rings. The fourth-order valence-electron chi connectivity index (χ4n) is 1.27. The van der Waals surface area contributed by atoms with Crippen molar-refractivity contribution in [3.05, 3.63) is 32.8 Å². The van der Waals surface area contributed by atoms with Crippen molar-refractivity contribution in [2.75, 3.05) is 13.7 Å². The summed E-state index contributed by atoms with van der Waals surface area (Å²) < 4.78 is 5.83. The molecule has 104 valence electrons. The standard InChI is InChI=1S/C11H14BrN3O4/c1-11(14-2,10(13)16)6-19-9-7(12)4-3-5-8(9)15(17)18/h3-5,14H,6H2,1-2H3,(H2,13,16). The molecule has 0 aliphatic heterocycles. The highest BCUT2D eigenvalue weighted by Gasteiger charge is 2.31. The summed E-state index contributed by atoms with van der Waals surface area (Å²) in [6.07, 6.45) is 0. The summed E-state index contributed by atoms with van der Waals surface area (Å²) in [6, 6.07) is 4.46. The minimum atomic E-state index is -1.11. The lowest BCUT2D eigenvalue weighted by molar-refractivity contribution is -0.386. The van der Waals surface area contributed by atoms with Gasteiger partial charge in [0.15, 0.2) is 0 Å². The minimum Gasteiger partial charge on any atom is -0.484 e. The van der Waals surface area contributed by atoms with Crippen LogP contribution < -0.4 is 15.8 Å². The van der Waals surface area contributed by atoms with Gasteiger partial charge < -0.3 is 15.8 Å². The number of nitrogens with one attached hydrogen (secondary N) is 1. The SMILES string of the molecule is CNC(C)(COc1c(Br)cccc1[N+](=O)[O-])C(N)=O. The number of rotatable bonds is 6. The monoisotopic (exact) mass is 331 g/mol. The summed E-state index contributed by atoms with van der Waals surface area (Å²) >= 11 is 3.18.